The molecular weight excluding hydrogens is 368 g/mol. The van der Waals surface area contributed by atoms with Gasteiger partial charge in [0, 0.05) is 44.4 Å². The van der Waals surface area contributed by atoms with Gasteiger partial charge in [-0.3, -0.25) is 9.69 Å². The van der Waals surface area contributed by atoms with Crippen LogP contribution >= 0.6 is 0 Å². The van der Waals surface area contributed by atoms with Crippen molar-refractivity contribution in [3.8, 4) is 17.2 Å². The molecule has 154 valence electrons. The average molecular weight is 396 g/mol. The Bertz CT molecular complexity index is 840. The Balaban J connectivity index is 1.54. The summed E-state index contributed by atoms with van der Waals surface area (Å²) in [4.78, 5) is 16.8. The van der Waals surface area contributed by atoms with Crippen molar-refractivity contribution in [2.24, 2.45) is 0 Å². The van der Waals surface area contributed by atoms with Gasteiger partial charge in [0.25, 0.3) is 0 Å². The summed E-state index contributed by atoms with van der Waals surface area (Å²) in [6, 6.07) is 13.7. The van der Waals surface area contributed by atoms with Crippen LogP contribution < -0.4 is 14.2 Å². The predicted octanol–water partition coefficient (Wildman–Crippen LogP) is 3.07. The molecule has 1 saturated heterocycles. The van der Waals surface area contributed by atoms with Gasteiger partial charge in [-0.25, -0.2) is 0 Å². The molecule has 0 spiro atoms. The van der Waals surface area contributed by atoms with Gasteiger partial charge < -0.3 is 19.1 Å². The summed E-state index contributed by atoms with van der Waals surface area (Å²) in [5, 5.41) is 0. The van der Waals surface area contributed by atoms with E-state index in [1.807, 2.05) is 35.2 Å². The Hall–Kier alpha value is -2.99. The number of carbonyl (C=O) groups excluding carboxylic acids is 1. The first-order valence-corrected chi connectivity index (χ1v) is 9.68. The van der Waals surface area contributed by atoms with E-state index < -0.39 is 0 Å². The SMILES string of the molecule is COc1ccc(CN2CCN(C(=O)/C=C/c3cccc(OC)c3OC)CC2)cc1. The van der Waals surface area contributed by atoms with Crippen LogP contribution in [0, 0.1) is 0 Å². The highest BCUT2D eigenvalue weighted by Gasteiger charge is 2.20. The molecule has 1 aliphatic rings. The normalized spacial score (nSPS) is 14.8. The molecule has 1 amide bonds. The third-order valence-electron chi connectivity index (χ3n) is 5.09. The van der Waals surface area contributed by atoms with Gasteiger partial charge in [-0.1, -0.05) is 24.3 Å². The van der Waals surface area contributed by atoms with Gasteiger partial charge >= 0.3 is 0 Å². The second-order valence-corrected chi connectivity index (χ2v) is 6.87. The number of piperazine rings is 1. The van der Waals surface area contributed by atoms with Crippen LogP contribution in [0.2, 0.25) is 0 Å². The van der Waals surface area contributed by atoms with Crippen molar-refractivity contribution in [3.63, 3.8) is 0 Å². The van der Waals surface area contributed by atoms with E-state index in [-0.39, 0.29) is 5.91 Å². The molecule has 3 rings (SSSR count). The summed E-state index contributed by atoms with van der Waals surface area (Å²) in [7, 11) is 4.87. The molecule has 2 aromatic carbocycles. The Kier molecular flexibility index (Phi) is 7.14. The van der Waals surface area contributed by atoms with E-state index in [0.29, 0.717) is 24.6 Å². The molecule has 6 nitrogen and oxygen atoms in total. The van der Waals surface area contributed by atoms with Crippen LogP contribution in [-0.4, -0.2) is 63.2 Å². The fraction of sp³-hybridized carbons (Fsp3) is 0.348. The molecule has 0 unspecified atom stereocenters. The first-order chi connectivity index (χ1) is 14.1. The molecule has 0 atom stereocenters. The lowest BCUT2D eigenvalue weighted by Gasteiger charge is -2.34. The maximum atomic E-state index is 12.6. The number of nitrogens with zero attached hydrogens (tertiary/aromatic N) is 2. The molecule has 1 fully saturated rings. The van der Waals surface area contributed by atoms with E-state index >= 15 is 0 Å². The maximum Gasteiger partial charge on any atom is 0.246 e. The van der Waals surface area contributed by atoms with Gasteiger partial charge in [-0.05, 0) is 29.8 Å². The van der Waals surface area contributed by atoms with Gasteiger partial charge in [0.2, 0.25) is 5.91 Å². The molecule has 0 aromatic heterocycles. The lowest BCUT2D eigenvalue weighted by molar-refractivity contribution is -0.127. The standard InChI is InChI=1S/C23H28N2O4/c1-27-20-10-7-18(8-11-20)17-24-13-15-25(16-14-24)22(26)12-9-19-5-4-6-21(28-2)23(19)29-3/h4-12H,13-17H2,1-3H3/b12-9+. The highest BCUT2D eigenvalue weighted by Crippen LogP contribution is 2.31. The van der Waals surface area contributed by atoms with Crippen molar-refractivity contribution in [2.75, 3.05) is 47.5 Å². The van der Waals surface area contributed by atoms with Crippen LogP contribution in [0.25, 0.3) is 6.08 Å². The number of carbonyl (C=O) groups is 1. The van der Waals surface area contributed by atoms with Crippen molar-refractivity contribution < 1.29 is 19.0 Å². The minimum absolute atomic E-state index is 0.0129. The maximum absolute atomic E-state index is 12.6. The number of benzene rings is 2. The summed E-state index contributed by atoms with van der Waals surface area (Å²) in [6.45, 7) is 4.02. The number of para-hydroxylation sites is 1. The number of rotatable bonds is 7. The minimum atomic E-state index is 0.0129. The fourth-order valence-corrected chi connectivity index (χ4v) is 3.43. The van der Waals surface area contributed by atoms with Crippen molar-refractivity contribution in [1.82, 2.24) is 9.80 Å². The van der Waals surface area contributed by atoms with Gasteiger partial charge in [0.05, 0.1) is 21.3 Å². The molecule has 0 aliphatic carbocycles. The summed E-state index contributed by atoms with van der Waals surface area (Å²) < 4.78 is 15.9. The average Bonchev–Trinajstić information content (AvgIpc) is 2.78. The van der Waals surface area contributed by atoms with E-state index in [0.717, 1.165) is 30.9 Å². The highest BCUT2D eigenvalue weighted by atomic mass is 16.5. The van der Waals surface area contributed by atoms with Crippen molar-refractivity contribution in [3.05, 3.63) is 59.7 Å². The quantitative estimate of drug-likeness (QED) is 0.674. The number of hydrogen-bond donors (Lipinski definition) is 0. The highest BCUT2D eigenvalue weighted by molar-refractivity contribution is 5.92. The van der Waals surface area contributed by atoms with Gasteiger partial charge in [0.1, 0.15) is 5.75 Å². The monoisotopic (exact) mass is 396 g/mol. The Morgan fingerprint density at radius 2 is 1.66 bits per heavy atom. The lowest BCUT2D eigenvalue weighted by atomic mass is 10.1. The topological polar surface area (TPSA) is 51.2 Å². The zero-order chi connectivity index (χ0) is 20.6. The minimum Gasteiger partial charge on any atom is -0.497 e. The Morgan fingerprint density at radius 1 is 0.931 bits per heavy atom. The van der Waals surface area contributed by atoms with E-state index in [2.05, 4.69) is 17.0 Å². The first-order valence-electron chi connectivity index (χ1n) is 9.68. The molecule has 0 bridgehead atoms. The van der Waals surface area contributed by atoms with Gasteiger partial charge in [0.15, 0.2) is 11.5 Å². The smallest absolute Gasteiger partial charge is 0.246 e. The number of amides is 1. The molecule has 2 aromatic rings. The molecule has 0 radical (unpaired) electrons. The van der Waals surface area contributed by atoms with Crippen LogP contribution in [-0.2, 0) is 11.3 Å². The molecule has 0 N–H and O–H groups in total. The van der Waals surface area contributed by atoms with E-state index in [1.165, 1.54) is 5.56 Å². The van der Waals surface area contributed by atoms with E-state index in [1.54, 1.807) is 33.5 Å². The third kappa shape index (κ3) is 5.29. The number of ether oxygens (including phenoxy) is 3. The summed E-state index contributed by atoms with van der Waals surface area (Å²) >= 11 is 0. The van der Waals surface area contributed by atoms with Crippen LogP contribution in [0.5, 0.6) is 17.2 Å². The third-order valence-corrected chi connectivity index (χ3v) is 5.09. The van der Waals surface area contributed by atoms with Crippen LogP contribution in [0.3, 0.4) is 0 Å². The molecule has 1 aliphatic heterocycles. The number of hydrogen-bond acceptors (Lipinski definition) is 5. The van der Waals surface area contributed by atoms with Crippen molar-refractivity contribution >= 4 is 12.0 Å². The lowest BCUT2D eigenvalue weighted by Crippen LogP contribution is -2.47. The Labute approximate surface area is 172 Å². The summed E-state index contributed by atoms with van der Waals surface area (Å²) in [6.07, 6.45) is 3.39. The van der Waals surface area contributed by atoms with Crippen LogP contribution in [0.4, 0.5) is 0 Å². The fourth-order valence-electron chi connectivity index (χ4n) is 3.43. The van der Waals surface area contributed by atoms with Crippen molar-refractivity contribution in [1.29, 1.82) is 0 Å². The molecule has 29 heavy (non-hydrogen) atoms. The number of methoxy groups -OCH3 is 3. The summed E-state index contributed by atoms with van der Waals surface area (Å²) in [5.74, 6) is 2.15. The zero-order valence-electron chi connectivity index (χ0n) is 17.3. The zero-order valence-corrected chi connectivity index (χ0v) is 17.3. The molecular formula is C23H28N2O4. The summed E-state index contributed by atoms with van der Waals surface area (Å²) in [5.41, 5.74) is 2.06. The van der Waals surface area contributed by atoms with Crippen LogP contribution in [0.15, 0.2) is 48.5 Å². The van der Waals surface area contributed by atoms with E-state index in [4.69, 9.17) is 14.2 Å². The van der Waals surface area contributed by atoms with Gasteiger partial charge in [-0.15, -0.1) is 0 Å². The van der Waals surface area contributed by atoms with E-state index in [9.17, 15) is 4.79 Å². The largest absolute Gasteiger partial charge is 0.497 e. The van der Waals surface area contributed by atoms with Crippen LogP contribution in [0.1, 0.15) is 11.1 Å². The molecule has 0 saturated carbocycles. The second-order valence-electron chi connectivity index (χ2n) is 6.87. The first kappa shape index (κ1) is 20.7. The Morgan fingerprint density at radius 3 is 2.28 bits per heavy atom. The molecule has 1 heterocycles. The predicted molar refractivity (Wildman–Crippen MR) is 113 cm³/mol. The molecule has 6 heteroatoms. The van der Waals surface area contributed by atoms with Crippen molar-refractivity contribution in [2.45, 2.75) is 6.54 Å². The second kappa shape index (κ2) is 9.98. The van der Waals surface area contributed by atoms with Gasteiger partial charge in [-0.2, -0.15) is 0 Å².